The summed E-state index contributed by atoms with van der Waals surface area (Å²) in [6.07, 6.45) is -7.70. The number of rotatable bonds is 1. The molecular weight excluding hydrogens is 308 g/mol. The maximum Gasteiger partial charge on any atom is 0.420 e. The van der Waals surface area contributed by atoms with Crippen molar-refractivity contribution in [3.8, 4) is 0 Å². The lowest BCUT2D eigenvalue weighted by Crippen LogP contribution is -2.09. The second kappa shape index (κ2) is 4.21. The van der Waals surface area contributed by atoms with Gasteiger partial charge in [-0.1, -0.05) is 11.6 Å². The van der Waals surface area contributed by atoms with Crippen molar-refractivity contribution < 1.29 is 22.0 Å². The number of halogens is 7. The van der Waals surface area contributed by atoms with Crippen LogP contribution in [0.2, 0.25) is 5.02 Å². The minimum absolute atomic E-state index is 0.500. The molecule has 1 heterocycles. The Kier molecular flexibility index (Phi) is 3.55. The van der Waals surface area contributed by atoms with Crippen LogP contribution in [0.4, 0.5) is 22.0 Å². The topological polar surface area (TPSA) is 12.9 Å². The van der Waals surface area contributed by atoms with E-state index in [2.05, 4.69) is 20.9 Å². The summed E-state index contributed by atoms with van der Waals surface area (Å²) in [6, 6.07) is 0.500. The zero-order chi connectivity index (χ0) is 11.8. The lowest BCUT2D eigenvalue weighted by molar-refractivity contribution is -0.138. The lowest BCUT2D eigenvalue weighted by atomic mass is 10.2. The first-order valence-electron chi connectivity index (χ1n) is 3.44. The van der Waals surface area contributed by atoms with Gasteiger partial charge < -0.3 is 0 Å². The Labute approximate surface area is 94.4 Å². The highest BCUT2D eigenvalue weighted by Crippen LogP contribution is 2.40. The van der Waals surface area contributed by atoms with Gasteiger partial charge in [0, 0.05) is 0 Å². The van der Waals surface area contributed by atoms with Crippen LogP contribution >= 0.6 is 27.5 Å². The Balaban J connectivity index is 3.34. The molecule has 84 valence electrons. The van der Waals surface area contributed by atoms with Crippen molar-refractivity contribution in [3.63, 3.8) is 0 Å². The highest BCUT2D eigenvalue weighted by Gasteiger charge is 2.37. The van der Waals surface area contributed by atoms with Gasteiger partial charge in [-0.15, -0.1) is 0 Å². The standard InChI is InChI=1S/C7H2BrClF5N/c8-5-4(7(12,13)14)2(9)1-3(15-5)6(10)11/h1,6H. The number of hydrogen-bond donors (Lipinski definition) is 0. The van der Waals surface area contributed by atoms with Gasteiger partial charge in [-0.2, -0.15) is 13.2 Å². The molecule has 0 radical (unpaired) electrons. The lowest BCUT2D eigenvalue weighted by Gasteiger charge is -2.11. The molecule has 0 N–H and O–H groups in total. The van der Waals surface area contributed by atoms with E-state index in [0.717, 1.165) is 0 Å². The highest BCUT2D eigenvalue weighted by molar-refractivity contribution is 9.10. The van der Waals surface area contributed by atoms with Crippen LogP contribution in [0.25, 0.3) is 0 Å². The molecule has 0 atom stereocenters. The van der Waals surface area contributed by atoms with E-state index in [9.17, 15) is 22.0 Å². The van der Waals surface area contributed by atoms with E-state index in [1.807, 2.05) is 0 Å². The third-order valence-electron chi connectivity index (χ3n) is 1.45. The van der Waals surface area contributed by atoms with E-state index in [1.165, 1.54) is 0 Å². The van der Waals surface area contributed by atoms with E-state index >= 15 is 0 Å². The molecular formula is C7H2BrClF5N. The largest absolute Gasteiger partial charge is 0.420 e. The van der Waals surface area contributed by atoms with Crippen LogP contribution in [0.5, 0.6) is 0 Å². The molecule has 0 aliphatic rings. The van der Waals surface area contributed by atoms with Crippen LogP contribution in [-0.2, 0) is 6.18 Å². The molecule has 0 saturated carbocycles. The molecule has 1 rings (SSSR count). The zero-order valence-electron chi connectivity index (χ0n) is 6.75. The average molecular weight is 310 g/mol. The second-order valence-corrected chi connectivity index (χ2v) is 3.65. The van der Waals surface area contributed by atoms with Gasteiger partial charge in [0.05, 0.1) is 5.02 Å². The van der Waals surface area contributed by atoms with Crippen molar-refractivity contribution in [3.05, 3.63) is 26.9 Å². The van der Waals surface area contributed by atoms with Gasteiger partial charge in [0.15, 0.2) is 0 Å². The van der Waals surface area contributed by atoms with E-state index in [-0.39, 0.29) is 0 Å². The predicted molar refractivity (Wildman–Crippen MR) is 46.9 cm³/mol. The molecule has 8 heteroatoms. The molecule has 15 heavy (non-hydrogen) atoms. The summed E-state index contributed by atoms with van der Waals surface area (Å²) in [5.74, 6) is 0. The van der Waals surface area contributed by atoms with E-state index < -0.39 is 33.5 Å². The maximum atomic E-state index is 12.3. The van der Waals surface area contributed by atoms with Crippen molar-refractivity contribution in [2.45, 2.75) is 12.6 Å². The molecule has 0 bridgehead atoms. The molecule has 0 fully saturated rings. The predicted octanol–water partition coefficient (Wildman–Crippen LogP) is 4.45. The summed E-state index contributed by atoms with van der Waals surface area (Å²) >= 11 is 7.69. The minimum atomic E-state index is -4.73. The minimum Gasteiger partial charge on any atom is -0.239 e. The van der Waals surface area contributed by atoms with E-state index in [4.69, 9.17) is 11.6 Å². The fourth-order valence-corrected chi connectivity index (χ4v) is 1.93. The van der Waals surface area contributed by atoms with Crippen LogP contribution in [0, 0.1) is 0 Å². The fraction of sp³-hybridized carbons (Fsp3) is 0.286. The SMILES string of the molecule is FC(F)c1cc(Cl)c(C(F)(F)F)c(Br)n1. The summed E-state index contributed by atoms with van der Waals surface area (Å²) in [5, 5.41) is -0.806. The monoisotopic (exact) mass is 309 g/mol. The number of aromatic nitrogens is 1. The van der Waals surface area contributed by atoms with Crippen LogP contribution in [0.1, 0.15) is 17.7 Å². The molecule has 0 amide bonds. The molecule has 0 aromatic carbocycles. The average Bonchev–Trinajstić information content (AvgIpc) is 1.99. The van der Waals surface area contributed by atoms with Crippen molar-refractivity contribution in [1.29, 1.82) is 0 Å². The normalized spacial score (nSPS) is 12.3. The molecule has 0 aliphatic heterocycles. The van der Waals surface area contributed by atoms with Gasteiger partial charge in [-0.25, -0.2) is 13.8 Å². The van der Waals surface area contributed by atoms with Crippen molar-refractivity contribution >= 4 is 27.5 Å². The maximum absolute atomic E-state index is 12.3. The Morgan fingerprint density at radius 3 is 2.20 bits per heavy atom. The fourth-order valence-electron chi connectivity index (χ4n) is 0.866. The number of alkyl halides is 5. The Bertz CT molecular complexity index is 355. The second-order valence-electron chi connectivity index (χ2n) is 2.49. The summed E-state index contributed by atoms with van der Waals surface area (Å²) in [4.78, 5) is 3.06. The van der Waals surface area contributed by atoms with Crippen LogP contribution < -0.4 is 0 Å². The summed E-state index contributed by atoms with van der Waals surface area (Å²) < 4.78 is 60.4. The Hall–Kier alpha value is -0.430. The summed E-state index contributed by atoms with van der Waals surface area (Å²) in [7, 11) is 0. The third kappa shape index (κ3) is 2.78. The number of nitrogens with zero attached hydrogens (tertiary/aromatic N) is 1. The van der Waals surface area contributed by atoms with Gasteiger partial charge in [-0.05, 0) is 22.0 Å². The van der Waals surface area contributed by atoms with Crippen LogP contribution in [0.3, 0.4) is 0 Å². The Morgan fingerprint density at radius 1 is 1.33 bits per heavy atom. The Morgan fingerprint density at radius 2 is 1.87 bits per heavy atom. The van der Waals surface area contributed by atoms with Crippen molar-refractivity contribution in [1.82, 2.24) is 4.98 Å². The number of pyridine rings is 1. The molecule has 0 aliphatic carbocycles. The van der Waals surface area contributed by atoms with Crippen molar-refractivity contribution in [2.75, 3.05) is 0 Å². The van der Waals surface area contributed by atoms with Crippen LogP contribution in [-0.4, -0.2) is 4.98 Å². The molecule has 1 aromatic heterocycles. The molecule has 1 aromatic rings. The van der Waals surface area contributed by atoms with Gasteiger partial charge in [0.2, 0.25) is 0 Å². The van der Waals surface area contributed by atoms with Crippen molar-refractivity contribution in [2.24, 2.45) is 0 Å². The first-order chi connectivity index (χ1) is 6.73. The van der Waals surface area contributed by atoms with Gasteiger partial charge in [-0.3, -0.25) is 0 Å². The van der Waals surface area contributed by atoms with Gasteiger partial charge >= 0.3 is 6.18 Å². The molecule has 1 nitrogen and oxygen atoms in total. The molecule has 0 saturated heterocycles. The number of hydrogen-bond acceptors (Lipinski definition) is 1. The third-order valence-corrected chi connectivity index (χ3v) is 2.33. The van der Waals surface area contributed by atoms with E-state index in [1.54, 1.807) is 0 Å². The first-order valence-corrected chi connectivity index (χ1v) is 4.62. The summed E-state index contributed by atoms with van der Waals surface area (Å²) in [5.41, 5.74) is -2.06. The smallest absolute Gasteiger partial charge is 0.239 e. The van der Waals surface area contributed by atoms with Crippen LogP contribution in [0.15, 0.2) is 10.7 Å². The quantitative estimate of drug-likeness (QED) is 0.551. The summed E-state index contributed by atoms with van der Waals surface area (Å²) in [6.45, 7) is 0. The highest BCUT2D eigenvalue weighted by atomic mass is 79.9. The van der Waals surface area contributed by atoms with Gasteiger partial charge in [0.1, 0.15) is 15.9 Å². The zero-order valence-corrected chi connectivity index (χ0v) is 9.09. The first kappa shape index (κ1) is 12.6. The van der Waals surface area contributed by atoms with E-state index in [0.29, 0.717) is 6.07 Å². The molecule has 0 unspecified atom stereocenters. The molecule has 0 spiro atoms. The van der Waals surface area contributed by atoms with Gasteiger partial charge in [0.25, 0.3) is 6.43 Å².